The first kappa shape index (κ1) is 24.6. The number of likely N-dealkylation sites (tertiary alicyclic amines) is 1. The van der Waals surface area contributed by atoms with Crippen molar-refractivity contribution in [3.8, 4) is 5.75 Å². The number of fused-ring (bicyclic) bond motifs is 1. The Morgan fingerprint density at radius 3 is 2.20 bits per heavy atom. The molecule has 2 aliphatic carbocycles. The second-order valence-corrected chi connectivity index (χ2v) is 12.7. The number of carboxylic acid groups (broad SMARTS) is 1. The van der Waals surface area contributed by atoms with E-state index < -0.39 is 5.97 Å². The van der Waals surface area contributed by atoms with Crippen LogP contribution >= 0.6 is 0 Å². The number of hydrogen-bond acceptors (Lipinski definition) is 3. The number of carbonyl (C=O) groups is 1. The summed E-state index contributed by atoms with van der Waals surface area (Å²) in [5.41, 5.74) is 1.78. The van der Waals surface area contributed by atoms with Crippen LogP contribution in [0.3, 0.4) is 0 Å². The fourth-order valence-electron chi connectivity index (χ4n) is 6.82. The van der Waals surface area contributed by atoms with Crippen LogP contribution in [-0.4, -0.2) is 35.2 Å². The van der Waals surface area contributed by atoms with E-state index in [0.717, 1.165) is 81.7 Å². The van der Waals surface area contributed by atoms with Crippen molar-refractivity contribution in [3.05, 3.63) is 42.0 Å². The van der Waals surface area contributed by atoms with Gasteiger partial charge in [-0.2, -0.15) is 0 Å². The molecule has 0 unspecified atom stereocenters. The third-order valence-corrected chi connectivity index (χ3v) is 9.26. The van der Waals surface area contributed by atoms with E-state index >= 15 is 0 Å². The molecule has 0 amide bonds. The highest BCUT2D eigenvalue weighted by Crippen LogP contribution is 2.40. The quantitative estimate of drug-likeness (QED) is 0.480. The molecular formula is C31H43NO3. The minimum Gasteiger partial charge on any atom is -0.490 e. The highest BCUT2D eigenvalue weighted by Gasteiger charge is 2.36. The molecule has 190 valence electrons. The Balaban J connectivity index is 1.10. The predicted molar refractivity (Wildman–Crippen MR) is 142 cm³/mol. The van der Waals surface area contributed by atoms with Gasteiger partial charge in [0.05, 0.1) is 12.0 Å². The lowest BCUT2D eigenvalue weighted by atomic mass is 9.72. The van der Waals surface area contributed by atoms with E-state index in [0.29, 0.717) is 11.5 Å². The van der Waals surface area contributed by atoms with Crippen LogP contribution in [0.25, 0.3) is 10.8 Å². The van der Waals surface area contributed by atoms with Gasteiger partial charge in [0.15, 0.2) is 0 Å². The molecule has 1 saturated heterocycles. The van der Waals surface area contributed by atoms with Crippen molar-refractivity contribution in [1.29, 1.82) is 0 Å². The van der Waals surface area contributed by atoms with E-state index in [1.807, 2.05) is 0 Å². The van der Waals surface area contributed by atoms with Gasteiger partial charge in [-0.05, 0) is 109 Å². The van der Waals surface area contributed by atoms with Gasteiger partial charge in [0, 0.05) is 19.6 Å². The molecule has 0 spiro atoms. The summed E-state index contributed by atoms with van der Waals surface area (Å²) in [4.78, 5) is 13.7. The summed E-state index contributed by atoms with van der Waals surface area (Å²) >= 11 is 0. The average Bonchev–Trinajstić information content (AvgIpc) is 2.81. The van der Waals surface area contributed by atoms with Gasteiger partial charge in [-0.1, -0.05) is 39.0 Å². The summed E-state index contributed by atoms with van der Waals surface area (Å²) in [6, 6.07) is 13.4. The number of nitrogens with zero attached hydrogens (tertiary/aromatic N) is 1. The van der Waals surface area contributed by atoms with Gasteiger partial charge < -0.3 is 9.84 Å². The predicted octanol–water partition coefficient (Wildman–Crippen LogP) is 7.15. The smallest absolute Gasteiger partial charge is 0.306 e. The van der Waals surface area contributed by atoms with Gasteiger partial charge in [0.2, 0.25) is 0 Å². The number of rotatable bonds is 6. The minimum atomic E-state index is -0.600. The third-order valence-electron chi connectivity index (χ3n) is 9.26. The Kier molecular flexibility index (Phi) is 7.12. The van der Waals surface area contributed by atoms with Crippen LogP contribution in [0.5, 0.6) is 5.75 Å². The Morgan fingerprint density at radius 2 is 1.54 bits per heavy atom. The average molecular weight is 478 g/mol. The molecule has 3 aliphatic rings. The standard InChI is InChI=1S/C31H43NO3/c1-31(2,3)27-11-14-28(15-12-27)35-29-13-10-24-16-21(4-5-25(24)17-29)18-32-19-26(20-32)22-6-8-23(9-7-22)30(33)34/h4-5,10,13,16-17,22-23,26-28H,6-9,11-12,14-15,18-20H2,1-3H3,(H,33,34). The Hall–Kier alpha value is -2.07. The Bertz CT molecular complexity index is 1020. The van der Waals surface area contributed by atoms with Crippen LogP contribution in [0.1, 0.15) is 77.7 Å². The molecule has 0 aromatic heterocycles. The lowest BCUT2D eigenvalue weighted by Crippen LogP contribution is -2.50. The van der Waals surface area contributed by atoms with Crippen LogP contribution in [0.15, 0.2) is 36.4 Å². The summed E-state index contributed by atoms with van der Waals surface area (Å²) in [7, 11) is 0. The first-order valence-corrected chi connectivity index (χ1v) is 13.9. The van der Waals surface area contributed by atoms with Crippen molar-refractivity contribution < 1.29 is 14.6 Å². The molecule has 0 bridgehead atoms. The fraction of sp³-hybridized carbons (Fsp3) is 0.645. The normalized spacial score (nSPS) is 28.5. The lowest BCUT2D eigenvalue weighted by Gasteiger charge is -2.45. The topological polar surface area (TPSA) is 49.8 Å². The fourth-order valence-corrected chi connectivity index (χ4v) is 6.82. The van der Waals surface area contributed by atoms with E-state index in [2.05, 4.69) is 62.1 Å². The molecule has 5 rings (SSSR count). The first-order chi connectivity index (χ1) is 16.7. The van der Waals surface area contributed by atoms with Crippen LogP contribution < -0.4 is 4.74 Å². The second kappa shape index (κ2) is 10.1. The SMILES string of the molecule is CC(C)(C)C1CCC(Oc2ccc3cc(CN4CC(C5CCC(C(=O)O)CC5)C4)ccc3c2)CC1. The molecule has 4 heteroatoms. The molecular weight excluding hydrogens is 434 g/mol. The molecule has 2 aromatic rings. The number of ether oxygens (including phenoxy) is 1. The van der Waals surface area contributed by atoms with E-state index in [-0.39, 0.29) is 5.92 Å². The Morgan fingerprint density at radius 1 is 0.886 bits per heavy atom. The largest absolute Gasteiger partial charge is 0.490 e. The molecule has 3 fully saturated rings. The van der Waals surface area contributed by atoms with Gasteiger partial charge in [0.25, 0.3) is 0 Å². The van der Waals surface area contributed by atoms with Crippen LogP contribution in [0.4, 0.5) is 0 Å². The maximum absolute atomic E-state index is 11.2. The zero-order valence-corrected chi connectivity index (χ0v) is 21.8. The van der Waals surface area contributed by atoms with Crippen LogP contribution in [-0.2, 0) is 11.3 Å². The van der Waals surface area contributed by atoms with Crippen LogP contribution in [0.2, 0.25) is 0 Å². The van der Waals surface area contributed by atoms with E-state index in [1.54, 1.807) is 0 Å². The zero-order chi connectivity index (χ0) is 24.6. The monoisotopic (exact) mass is 477 g/mol. The molecule has 0 atom stereocenters. The van der Waals surface area contributed by atoms with Gasteiger partial charge in [-0.3, -0.25) is 9.69 Å². The van der Waals surface area contributed by atoms with Gasteiger partial charge in [-0.25, -0.2) is 0 Å². The summed E-state index contributed by atoms with van der Waals surface area (Å²) < 4.78 is 6.39. The van der Waals surface area contributed by atoms with Crippen LogP contribution in [0, 0.1) is 29.1 Å². The zero-order valence-electron chi connectivity index (χ0n) is 21.8. The van der Waals surface area contributed by atoms with Crippen molar-refractivity contribution in [2.75, 3.05) is 13.1 Å². The second-order valence-electron chi connectivity index (χ2n) is 12.7. The molecule has 0 radical (unpaired) electrons. The minimum absolute atomic E-state index is 0.102. The maximum Gasteiger partial charge on any atom is 0.306 e. The highest BCUT2D eigenvalue weighted by atomic mass is 16.5. The number of hydrogen-bond donors (Lipinski definition) is 1. The highest BCUT2D eigenvalue weighted by molar-refractivity contribution is 5.84. The van der Waals surface area contributed by atoms with Gasteiger partial charge >= 0.3 is 5.97 Å². The van der Waals surface area contributed by atoms with E-state index in [1.165, 1.54) is 29.2 Å². The summed E-state index contributed by atoms with van der Waals surface area (Å²) in [6.45, 7) is 10.4. The molecule has 4 nitrogen and oxygen atoms in total. The summed E-state index contributed by atoms with van der Waals surface area (Å²) in [6.07, 6.45) is 9.13. The van der Waals surface area contributed by atoms with E-state index in [9.17, 15) is 9.90 Å². The molecule has 35 heavy (non-hydrogen) atoms. The third kappa shape index (κ3) is 5.85. The number of benzene rings is 2. The molecule has 2 saturated carbocycles. The van der Waals surface area contributed by atoms with E-state index in [4.69, 9.17) is 4.74 Å². The summed E-state index contributed by atoms with van der Waals surface area (Å²) in [5, 5.41) is 11.8. The number of aliphatic carboxylic acids is 1. The lowest BCUT2D eigenvalue weighted by molar-refractivity contribution is -0.143. The number of carboxylic acids is 1. The molecule has 1 N–H and O–H groups in total. The summed E-state index contributed by atoms with van der Waals surface area (Å²) in [5.74, 6) is 2.59. The van der Waals surface area contributed by atoms with Crippen molar-refractivity contribution in [1.82, 2.24) is 4.90 Å². The maximum atomic E-state index is 11.2. The molecule has 1 aliphatic heterocycles. The van der Waals surface area contributed by atoms with Crippen molar-refractivity contribution in [2.45, 2.75) is 84.8 Å². The Labute approximate surface area is 211 Å². The van der Waals surface area contributed by atoms with Gasteiger partial charge in [0.1, 0.15) is 5.75 Å². The first-order valence-electron chi connectivity index (χ1n) is 13.9. The van der Waals surface area contributed by atoms with Crippen molar-refractivity contribution in [2.24, 2.45) is 29.1 Å². The van der Waals surface area contributed by atoms with Gasteiger partial charge in [-0.15, -0.1) is 0 Å². The van der Waals surface area contributed by atoms with Crippen molar-refractivity contribution in [3.63, 3.8) is 0 Å². The molecule has 1 heterocycles. The van der Waals surface area contributed by atoms with Crippen molar-refractivity contribution >= 4 is 16.7 Å². The molecule has 2 aromatic carbocycles.